The van der Waals surface area contributed by atoms with Gasteiger partial charge in [-0.3, -0.25) is 9.80 Å². The van der Waals surface area contributed by atoms with Crippen molar-refractivity contribution in [1.29, 1.82) is 0 Å². The number of unbranched alkanes of at least 4 members (excludes halogenated alkanes) is 5. The Morgan fingerprint density at radius 1 is 0.330 bits per heavy atom. The molecule has 5 fully saturated rings. The molecule has 3 aromatic rings. The number of hydrogen-bond acceptors (Lipinski definition) is 23. The Morgan fingerprint density at radius 2 is 0.569 bits per heavy atom. The molecule has 0 spiro atoms. The van der Waals surface area contributed by atoms with Gasteiger partial charge in [-0.2, -0.15) is 44.9 Å². The predicted molar refractivity (Wildman–Crippen MR) is 466 cm³/mol. The van der Waals surface area contributed by atoms with E-state index in [2.05, 4.69) is 258 Å². The summed E-state index contributed by atoms with van der Waals surface area (Å²) in [5, 5.41) is 23.6. The van der Waals surface area contributed by atoms with Crippen molar-refractivity contribution in [3.8, 4) is 0 Å². The van der Waals surface area contributed by atoms with Crippen LogP contribution in [0.25, 0.3) is 0 Å². The number of aromatic nitrogens is 9. The van der Waals surface area contributed by atoms with Crippen LogP contribution >= 0.6 is 0 Å². The number of nitrogens with one attached hydrogen (secondary N) is 6. The van der Waals surface area contributed by atoms with Crippen molar-refractivity contribution in [2.24, 2.45) is 0 Å². The van der Waals surface area contributed by atoms with Crippen molar-refractivity contribution in [1.82, 2.24) is 75.9 Å². The lowest BCUT2D eigenvalue weighted by Gasteiger charge is -2.55. The molecule has 0 atom stereocenters. The Morgan fingerprint density at radius 3 is 0.844 bits per heavy atom. The number of hydrogen-bond donors (Lipinski definition) is 6. The van der Waals surface area contributed by atoms with Crippen LogP contribution in [-0.2, 0) is 0 Å². The fraction of sp³-hybridized carbons (Fsp3) is 0.895. The van der Waals surface area contributed by atoms with Crippen LogP contribution in [0.1, 0.15) is 335 Å². The number of rotatable bonds is 38. The fourth-order valence-corrected chi connectivity index (χ4v) is 20.1. The van der Waals surface area contributed by atoms with Crippen LogP contribution in [-0.4, -0.2) is 220 Å². The maximum Gasteiger partial charge on any atom is 0.232 e. The SMILES string of the molecule is C.C.CCCCN(c1nc(C)nc(N(CCCNc2nc(N(CCCC)C3CC(C)(C)NC(C)(C)C3)nc(N(CCCC)C3CC(C)(C)NC(C)(C)C3)n2)CN(C)CCCNc2nc(N(CCCC)C3CC(C)(C)NC(C)(C)C3)nc(N(CCCC)C3CC(C)(C)N(C)C(C)(C)C3)n2)n1)C1CC(C)(C)NC(C)(C)C1. The summed E-state index contributed by atoms with van der Waals surface area (Å²) >= 11 is 0. The van der Waals surface area contributed by atoms with Crippen LogP contribution < -0.4 is 61.3 Å². The largest absolute Gasteiger partial charge is 0.354 e. The Bertz CT molecular complexity index is 3100. The van der Waals surface area contributed by atoms with Crippen LogP contribution in [0.5, 0.6) is 0 Å². The molecule has 109 heavy (non-hydrogen) atoms. The van der Waals surface area contributed by atoms with Gasteiger partial charge in [0.1, 0.15) is 5.82 Å². The van der Waals surface area contributed by atoms with E-state index in [1.807, 2.05) is 6.92 Å². The number of anilines is 8. The van der Waals surface area contributed by atoms with Crippen molar-refractivity contribution in [2.45, 2.75) is 422 Å². The summed E-state index contributed by atoms with van der Waals surface area (Å²) in [6.45, 7) is 68.7. The number of nitrogens with zero attached hydrogens (tertiary/aromatic N) is 17. The summed E-state index contributed by atoms with van der Waals surface area (Å²) in [6, 6.07) is 1.29. The summed E-state index contributed by atoms with van der Waals surface area (Å²) in [5.74, 6) is 6.65. The van der Waals surface area contributed by atoms with Crippen molar-refractivity contribution in [2.75, 3.05) is 120 Å². The molecule has 5 aliphatic heterocycles. The molecule has 0 radical (unpaired) electrons. The molecule has 0 bridgehead atoms. The maximum absolute atomic E-state index is 5.64. The first-order chi connectivity index (χ1) is 49.8. The molecule has 0 aliphatic carbocycles. The van der Waals surface area contributed by atoms with Crippen molar-refractivity contribution < 1.29 is 0 Å². The van der Waals surface area contributed by atoms with Crippen LogP contribution in [0.2, 0.25) is 0 Å². The van der Waals surface area contributed by atoms with E-state index in [4.69, 9.17) is 44.9 Å². The van der Waals surface area contributed by atoms with Gasteiger partial charge in [0.25, 0.3) is 0 Å². The first-order valence-electron chi connectivity index (χ1n) is 42.7. The second-order valence-corrected chi connectivity index (χ2v) is 40.3. The molecule has 5 aliphatic rings. The van der Waals surface area contributed by atoms with E-state index < -0.39 is 0 Å². The predicted octanol–water partition coefficient (Wildman–Crippen LogP) is 16.4. The average molecular weight is 1520 g/mol. The van der Waals surface area contributed by atoms with Gasteiger partial charge in [-0.05, 0) is 269 Å². The highest BCUT2D eigenvalue weighted by Crippen LogP contribution is 2.43. The number of piperidine rings is 5. The summed E-state index contributed by atoms with van der Waals surface area (Å²) in [7, 11) is 4.55. The summed E-state index contributed by atoms with van der Waals surface area (Å²) in [6.07, 6.45) is 22.4. The van der Waals surface area contributed by atoms with Crippen LogP contribution in [0.3, 0.4) is 0 Å². The van der Waals surface area contributed by atoms with E-state index in [0.717, 1.165) is 216 Å². The lowest BCUT2D eigenvalue weighted by molar-refractivity contribution is -0.0129. The van der Waals surface area contributed by atoms with E-state index in [-0.39, 0.29) is 100 Å². The molecule has 626 valence electrons. The zero-order valence-electron chi connectivity index (χ0n) is 73.6. The Labute approximate surface area is 667 Å². The normalized spacial score (nSPS) is 21.6. The molecule has 8 heterocycles. The second-order valence-electron chi connectivity index (χ2n) is 40.3. The quantitative estimate of drug-likeness (QED) is 0.0232. The van der Waals surface area contributed by atoms with Crippen molar-refractivity contribution >= 4 is 47.6 Å². The highest BCUT2D eigenvalue weighted by atomic mass is 15.4. The van der Waals surface area contributed by atoms with Gasteiger partial charge in [-0.1, -0.05) is 81.6 Å². The molecule has 8 rings (SSSR count). The summed E-state index contributed by atoms with van der Waals surface area (Å²) < 4.78 is 0. The van der Waals surface area contributed by atoms with E-state index >= 15 is 0 Å². The van der Waals surface area contributed by atoms with Gasteiger partial charge in [0, 0.05) is 145 Å². The molecule has 5 saturated heterocycles. The minimum absolute atomic E-state index is 0. The third-order valence-electron chi connectivity index (χ3n) is 23.7. The zero-order valence-corrected chi connectivity index (χ0v) is 73.6. The van der Waals surface area contributed by atoms with E-state index in [0.29, 0.717) is 44.1 Å². The molecule has 0 saturated carbocycles. The molecule has 0 unspecified atom stereocenters. The zero-order chi connectivity index (χ0) is 78.9. The highest BCUT2D eigenvalue weighted by Gasteiger charge is 2.48. The molecule has 23 heteroatoms. The molecule has 23 nitrogen and oxygen atoms in total. The molecular formula is C86H167N23. The molecular weight excluding hydrogens is 1360 g/mol. The van der Waals surface area contributed by atoms with Crippen LogP contribution in [0.15, 0.2) is 0 Å². The maximum atomic E-state index is 5.64. The van der Waals surface area contributed by atoms with E-state index in [9.17, 15) is 0 Å². The lowest BCUT2D eigenvalue weighted by Crippen LogP contribution is -2.63. The Hall–Kier alpha value is -4.81. The van der Waals surface area contributed by atoms with Gasteiger partial charge in [0.15, 0.2) is 0 Å². The Balaban J connectivity index is 0.00000928. The molecule has 6 N–H and O–H groups in total. The smallest absolute Gasteiger partial charge is 0.232 e. The third kappa shape index (κ3) is 26.6. The second kappa shape index (κ2) is 38.1. The van der Waals surface area contributed by atoms with Crippen LogP contribution in [0.4, 0.5) is 47.6 Å². The monoisotopic (exact) mass is 1520 g/mol. The number of aryl methyl sites for hydroxylation is 1. The Kier molecular flexibility index (Phi) is 32.5. The standard InChI is InChI=1S/C84H159N23.2CH4/c1-29-34-45-103(62-50-75(7,8)96-76(9,10)51-62)70-88-61(6)87-69(93-70)102(44-40-42-86-68-90-71(104(46-35-30-2)63-52-77(11,12)97-78(13,14)53-63)94-72(91-68)105(47-36-31-3)64-54-79(15,16)98-80(17,18)55-64)60-100(27)43-39-41-85-67-89-73(106(48-37-32-4)65-56-81(19,20)99-82(21,22)57-65)95-74(92-67)107(49-38-33-5)66-58-83(23,24)101(28)84(25,26)59-66;;/h62-66,96-99H,29-60H2,1-28H3,(H,85,89,92,95)(H,86,90,91,94);2*1H4. The van der Waals surface area contributed by atoms with Gasteiger partial charge < -0.3 is 61.3 Å². The van der Waals surface area contributed by atoms with Gasteiger partial charge >= 0.3 is 0 Å². The molecule has 0 aromatic carbocycles. The van der Waals surface area contributed by atoms with Gasteiger partial charge in [0.05, 0.1) is 6.67 Å². The molecule has 0 amide bonds. The summed E-state index contributed by atoms with van der Waals surface area (Å²) in [4.78, 5) is 69.5. The van der Waals surface area contributed by atoms with E-state index in [1.165, 1.54) is 0 Å². The highest BCUT2D eigenvalue weighted by molar-refractivity contribution is 5.50. The minimum Gasteiger partial charge on any atom is -0.354 e. The van der Waals surface area contributed by atoms with Crippen molar-refractivity contribution in [3.05, 3.63) is 5.82 Å². The first-order valence-corrected chi connectivity index (χ1v) is 42.7. The third-order valence-corrected chi connectivity index (χ3v) is 23.7. The number of likely N-dealkylation sites (tertiary alicyclic amines) is 1. The first kappa shape index (κ1) is 93.1. The molecule has 3 aromatic heterocycles. The minimum atomic E-state index is -0.0571. The lowest BCUT2D eigenvalue weighted by atomic mass is 9.77. The topological polar surface area (TPSA) is 214 Å². The van der Waals surface area contributed by atoms with Gasteiger partial charge in [-0.15, -0.1) is 0 Å². The van der Waals surface area contributed by atoms with Gasteiger partial charge in [-0.25, -0.2) is 0 Å². The average Bonchev–Trinajstić information content (AvgIpc) is 0.811. The van der Waals surface area contributed by atoms with Gasteiger partial charge in [0.2, 0.25) is 47.6 Å². The van der Waals surface area contributed by atoms with E-state index in [1.54, 1.807) is 0 Å². The van der Waals surface area contributed by atoms with Crippen LogP contribution in [0, 0.1) is 6.92 Å². The fourth-order valence-electron chi connectivity index (χ4n) is 20.1. The van der Waals surface area contributed by atoms with Crippen molar-refractivity contribution in [3.63, 3.8) is 0 Å². The summed E-state index contributed by atoms with van der Waals surface area (Å²) in [5.41, 5.74) is -0.438.